The second-order valence-corrected chi connectivity index (χ2v) is 4.16. The number of ether oxygens (including phenoxy) is 1. The van der Waals surface area contributed by atoms with Crippen LogP contribution in [0.25, 0.3) is 0 Å². The lowest BCUT2D eigenvalue weighted by Gasteiger charge is -2.06. The standard InChI is InChI=1S/C12H13BrN2O2/c1-2-17-6-5-12(16)15-10-4-3-9(8-14)11(13)7-10/h3-4,7H,2,5-6H2,1H3,(H,15,16). The number of hydrogen-bond acceptors (Lipinski definition) is 3. The Morgan fingerprint density at radius 1 is 1.59 bits per heavy atom. The minimum absolute atomic E-state index is 0.102. The highest BCUT2D eigenvalue weighted by molar-refractivity contribution is 9.10. The summed E-state index contributed by atoms with van der Waals surface area (Å²) >= 11 is 3.26. The number of hydrogen-bond donors (Lipinski definition) is 1. The van der Waals surface area contributed by atoms with Crippen LogP contribution in [0.3, 0.4) is 0 Å². The molecule has 0 aliphatic heterocycles. The summed E-state index contributed by atoms with van der Waals surface area (Å²) in [5.41, 5.74) is 1.20. The van der Waals surface area contributed by atoms with Gasteiger partial charge in [-0.2, -0.15) is 5.26 Å². The first-order chi connectivity index (χ1) is 8.17. The average molecular weight is 297 g/mol. The van der Waals surface area contributed by atoms with E-state index in [4.69, 9.17) is 10.00 Å². The fraction of sp³-hybridized carbons (Fsp3) is 0.333. The van der Waals surface area contributed by atoms with Gasteiger partial charge < -0.3 is 10.1 Å². The zero-order valence-electron chi connectivity index (χ0n) is 9.50. The molecule has 0 heterocycles. The molecule has 0 saturated heterocycles. The van der Waals surface area contributed by atoms with Crippen LogP contribution < -0.4 is 5.32 Å². The molecule has 5 heteroatoms. The zero-order chi connectivity index (χ0) is 12.7. The van der Waals surface area contributed by atoms with Crippen LogP contribution in [0.1, 0.15) is 18.9 Å². The number of nitrogens with zero attached hydrogens (tertiary/aromatic N) is 1. The van der Waals surface area contributed by atoms with Crippen LogP contribution in [0.15, 0.2) is 22.7 Å². The summed E-state index contributed by atoms with van der Waals surface area (Å²) in [5, 5.41) is 11.5. The molecule has 0 bridgehead atoms. The monoisotopic (exact) mass is 296 g/mol. The number of benzene rings is 1. The van der Waals surface area contributed by atoms with Gasteiger partial charge in [-0.15, -0.1) is 0 Å². The summed E-state index contributed by atoms with van der Waals surface area (Å²) in [6.07, 6.45) is 0.325. The van der Waals surface area contributed by atoms with E-state index in [1.165, 1.54) is 0 Å². The van der Waals surface area contributed by atoms with Gasteiger partial charge in [0.25, 0.3) is 0 Å². The third kappa shape index (κ3) is 4.55. The van der Waals surface area contributed by atoms with Gasteiger partial charge in [-0.1, -0.05) is 0 Å². The number of carbonyl (C=O) groups is 1. The number of amides is 1. The molecule has 4 nitrogen and oxygen atoms in total. The van der Waals surface area contributed by atoms with Gasteiger partial charge in [-0.05, 0) is 41.1 Å². The van der Waals surface area contributed by atoms with E-state index in [9.17, 15) is 4.79 Å². The van der Waals surface area contributed by atoms with Crippen molar-refractivity contribution in [3.05, 3.63) is 28.2 Å². The third-order valence-electron chi connectivity index (χ3n) is 2.05. The molecule has 1 amide bonds. The Bertz CT molecular complexity index is 441. The van der Waals surface area contributed by atoms with Crippen molar-refractivity contribution < 1.29 is 9.53 Å². The number of nitrogens with one attached hydrogen (secondary N) is 1. The molecule has 17 heavy (non-hydrogen) atoms. The maximum atomic E-state index is 11.5. The Kier molecular flexibility index (Phi) is 5.67. The van der Waals surface area contributed by atoms with Crippen molar-refractivity contribution in [3.63, 3.8) is 0 Å². The average Bonchev–Trinajstić information content (AvgIpc) is 2.29. The molecular weight excluding hydrogens is 284 g/mol. The van der Waals surface area contributed by atoms with Crippen molar-refractivity contribution in [1.82, 2.24) is 0 Å². The highest BCUT2D eigenvalue weighted by Crippen LogP contribution is 2.20. The van der Waals surface area contributed by atoms with E-state index >= 15 is 0 Å². The number of anilines is 1. The summed E-state index contributed by atoms with van der Waals surface area (Å²) in [6.45, 7) is 2.91. The minimum Gasteiger partial charge on any atom is -0.381 e. The second kappa shape index (κ2) is 7.05. The van der Waals surface area contributed by atoms with Crippen molar-refractivity contribution >= 4 is 27.5 Å². The van der Waals surface area contributed by atoms with E-state index in [1.54, 1.807) is 18.2 Å². The van der Waals surface area contributed by atoms with Crippen LogP contribution in [0.4, 0.5) is 5.69 Å². The maximum absolute atomic E-state index is 11.5. The lowest BCUT2D eigenvalue weighted by molar-refractivity contribution is -0.117. The fourth-order valence-electron chi connectivity index (χ4n) is 1.22. The largest absolute Gasteiger partial charge is 0.381 e. The minimum atomic E-state index is -0.102. The summed E-state index contributed by atoms with van der Waals surface area (Å²) in [7, 11) is 0. The fourth-order valence-corrected chi connectivity index (χ4v) is 1.68. The van der Waals surface area contributed by atoms with Crippen LogP contribution in [-0.4, -0.2) is 19.1 Å². The molecular formula is C12H13BrN2O2. The molecule has 1 aromatic carbocycles. The Labute approximate surface area is 109 Å². The van der Waals surface area contributed by atoms with E-state index in [-0.39, 0.29) is 5.91 Å². The van der Waals surface area contributed by atoms with E-state index < -0.39 is 0 Å². The van der Waals surface area contributed by atoms with Crippen molar-refractivity contribution in [1.29, 1.82) is 5.26 Å². The molecule has 0 aliphatic rings. The highest BCUT2D eigenvalue weighted by atomic mass is 79.9. The number of carbonyl (C=O) groups excluding carboxylic acids is 1. The van der Waals surface area contributed by atoms with Crippen LogP contribution in [0.5, 0.6) is 0 Å². The number of nitriles is 1. The highest BCUT2D eigenvalue weighted by Gasteiger charge is 2.04. The van der Waals surface area contributed by atoms with E-state index in [1.807, 2.05) is 13.0 Å². The first-order valence-corrected chi connectivity index (χ1v) is 6.04. The normalized spacial score (nSPS) is 9.71. The van der Waals surface area contributed by atoms with Gasteiger partial charge in [0.15, 0.2) is 0 Å². The third-order valence-corrected chi connectivity index (χ3v) is 2.71. The van der Waals surface area contributed by atoms with Gasteiger partial charge in [0.2, 0.25) is 5.91 Å². The predicted octanol–water partition coefficient (Wildman–Crippen LogP) is 2.69. The summed E-state index contributed by atoms with van der Waals surface area (Å²) in [4.78, 5) is 11.5. The molecule has 0 fully saturated rings. The predicted molar refractivity (Wildman–Crippen MR) is 68.6 cm³/mol. The van der Waals surface area contributed by atoms with Crippen LogP contribution in [0, 0.1) is 11.3 Å². The first-order valence-electron chi connectivity index (χ1n) is 5.24. The van der Waals surface area contributed by atoms with Crippen LogP contribution >= 0.6 is 15.9 Å². The topological polar surface area (TPSA) is 62.1 Å². The Balaban J connectivity index is 2.55. The molecule has 1 N–H and O–H groups in total. The number of rotatable bonds is 5. The molecule has 0 atom stereocenters. The summed E-state index contributed by atoms with van der Waals surface area (Å²) in [5.74, 6) is -0.102. The molecule has 1 aromatic rings. The Morgan fingerprint density at radius 2 is 2.35 bits per heavy atom. The summed E-state index contributed by atoms with van der Waals surface area (Å²) in [6, 6.07) is 7.09. The van der Waals surface area contributed by atoms with Gasteiger partial charge in [0.05, 0.1) is 18.6 Å². The SMILES string of the molecule is CCOCCC(=O)Nc1ccc(C#N)c(Br)c1. The first kappa shape index (κ1) is 13.7. The van der Waals surface area contributed by atoms with Crippen molar-refractivity contribution in [2.75, 3.05) is 18.5 Å². The zero-order valence-corrected chi connectivity index (χ0v) is 11.1. The van der Waals surface area contributed by atoms with Crippen LogP contribution in [0.2, 0.25) is 0 Å². The van der Waals surface area contributed by atoms with E-state index in [0.29, 0.717) is 35.4 Å². The van der Waals surface area contributed by atoms with Gasteiger partial charge in [-0.3, -0.25) is 4.79 Å². The lowest BCUT2D eigenvalue weighted by Crippen LogP contribution is -2.14. The van der Waals surface area contributed by atoms with E-state index in [2.05, 4.69) is 21.2 Å². The molecule has 90 valence electrons. The van der Waals surface area contributed by atoms with Gasteiger partial charge in [-0.25, -0.2) is 0 Å². The van der Waals surface area contributed by atoms with Crippen LogP contribution in [-0.2, 0) is 9.53 Å². The number of halogens is 1. The van der Waals surface area contributed by atoms with Gasteiger partial charge >= 0.3 is 0 Å². The van der Waals surface area contributed by atoms with Crippen molar-refractivity contribution in [2.45, 2.75) is 13.3 Å². The smallest absolute Gasteiger partial charge is 0.226 e. The molecule has 0 aliphatic carbocycles. The van der Waals surface area contributed by atoms with Gasteiger partial charge in [0, 0.05) is 16.8 Å². The quantitative estimate of drug-likeness (QED) is 0.850. The van der Waals surface area contributed by atoms with Gasteiger partial charge in [0.1, 0.15) is 6.07 Å². The molecule has 0 aromatic heterocycles. The maximum Gasteiger partial charge on any atom is 0.226 e. The van der Waals surface area contributed by atoms with E-state index in [0.717, 1.165) is 0 Å². The van der Waals surface area contributed by atoms with Crippen molar-refractivity contribution in [2.24, 2.45) is 0 Å². The molecule has 0 spiro atoms. The molecule has 0 unspecified atom stereocenters. The lowest BCUT2D eigenvalue weighted by atomic mass is 10.2. The molecule has 0 radical (unpaired) electrons. The molecule has 1 rings (SSSR count). The second-order valence-electron chi connectivity index (χ2n) is 3.30. The molecule has 0 saturated carbocycles. The summed E-state index contributed by atoms with van der Waals surface area (Å²) < 4.78 is 5.76. The Morgan fingerprint density at radius 3 is 2.94 bits per heavy atom. The Hall–Kier alpha value is -1.38. The van der Waals surface area contributed by atoms with Crippen molar-refractivity contribution in [3.8, 4) is 6.07 Å².